The molecular formula is C62H41N3O2. The highest BCUT2D eigenvalue weighted by Crippen LogP contribution is 2.61. The van der Waals surface area contributed by atoms with Crippen molar-refractivity contribution in [3.8, 4) is 90.5 Å². The van der Waals surface area contributed by atoms with Gasteiger partial charge in [-0.05, 0) is 98.5 Å². The Hall–Kier alpha value is -8.67. The minimum Gasteiger partial charge on any atom is -0.449 e. The highest BCUT2D eigenvalue weighted by Gasteiger charge is 2.48. The summed E-state index contributed by atoms with van der Waals surface area (Å²) in [5.41, 5.74) is 13.9. The van der Waals surface area contributed by atoms with Crippen LogP contribution in [0.15, 0.2) is 230 Å². The molecule has 2 aliphatic carbocycles. The lowest BCUT2D eigenvalue weighted by molar-refractivity contribution is 0.360. The average molecular weight is 860 g/mol. The molecule has 1 aliphatic heterocycles. The fourth-order valence-corrected chi connectivity index (χ4v) is 10.6. The standard InChI is InChI=1S/C62H41N3O2/c1-5-19-40(20-6-1)46-35-36-51(49-30-14-13-29-48(46)49)61-64-59(41-21-7-2-8-22-41)63-60(65-61)43-24-17-23-42(37-43)47-32-18-34-55-58(47)67-57-39-54-52(38-56(57)66-55)50-31-15-16-33-53(50)62(54,44-25-9-3-10-26-44)45-27-11-4-12-28-45/h1-11,13-27,29-39H,12,28H2. The van der Waals surface area contributed by atoms with Gasteiger partial charge in [0.1, 0.15) is 0 Å². The first-order chi connectivity index (χ1) is 33.2. The van der Waals surface area contributed by atoms with Crippen LogP contribution in [0.1, 0.15) is 29.5 Å². The summed E-state index contributed by atoms with van der Waals surface area (Å²) in [5.74, 6) is 4.51. The number of ether oxygens (including phenoxy) is 2. The molecule has 1 unspecified atom stereocenters. The van der Waals surface area contributed by atoms with Gasteiger partial charge in [-0.1, -0.05) is 200 Å². The molecule has 316 valence electrons. The van der Waals surface area contributed by atoms with Crippen molar-refractivity contribution >= 4 is 10.8 Å². The van der Waals surface area contributed by atoms with Crippen LogP contribution in [0.2, 0.25) is 0 Å². The van der Waals surface area contributed by atoms with Crippen LogP contribution in [0.4, 0.5) is 0 Å². The van der Waals surface area contributed by atoms with Crippen molar-refractivity contribution in [3.63, 3.8) is 0 Å². The second-order valence-corrected chi connectivity index (χ2v) is 17.3. The molecule has 0 N–H and O–H groups in total. The lowest BCUT2D eigenvalue weighted by Crippen LogP contribution is -2.30. The van der Waals surface area contributed by atoms with Gasteiger partial charge in [0, 0.05) is 22.3 Å². The van der Waals surface area contributed by atoms with Crippen LogP contribution in [0.5, 0.6) is 23.0 Å². The van der Waals surface area contributed by atoms with Crippen molar-refractivity contribution in [1.82, 2.24) is 15.0 Å². The summed E-state index contributed by atoms with van der Waals surface area (Å²) in [6.45, 7) is 0. The van der Waals surface area contributed by atoms with Gasteiger partial charge in [-0.3, -0.25) is 0 Å². The van der Waals surface area contributed by atoms with Crippen molar-refractivity contribution in [1.29, 1.82) is 0 Å². The third-order valence-electron chi connectivity index (χ3n) is 13.6. The fourth-order valence-electron chi connectivity index (χ4n) is 10.6. The molecule has 9 aromatic carbocycles. The first-order valence-electron chi connectivity index (χ1n) is 22.9. The van der Waals surface area contributed by atoms with Gasteiger partial charge in [-0.15, -0.1) is 0 Å². The van der Waals surface area contributed by atoms with E-state index in [1.807, 2.05) is 48.5 Å². The van der Waals surface area contributed by atoms with Crippen molar-refractivity contribution in [3.05, 3.63) is 247 Å². The molecule has 0 bridgehead atoms. The third kappa shape index (κ3) is 6.34. The predicted octanol–water partition coefficient (Wildman–Crippen LogP) is 15.8. The normalized spacial score (nSPS) is 15.4. The highest BCUT2D eigenvalue weighted by atomic mass is 16.6. The number of benzene rings is 9. The summed E-state index contributed by atoms with van der Waals surface area (Å²) in [6, 6.07) is 72.1. The Bertz CT molecular complexity index is 3640. The number of allylic oxidation sites excluding steroid dienone is 4. The molecular weight excluding hydrogens is 819 g/mol. The van der Waals surface area contributed by atoms with Gasteiger partial charge < -0.3 is 9.47 Å². The largest absolute Gasteiger partial charge is 0.449 e. The number of rotatable bonds is 7. The molecule has 67 heavy (non-hydrogen) atoms. The van der Waals surface area contributed by atoms with Gasteiger partial charge in [0.25, 0.3) is 0 Å². The summed E-state index contributed by atoms with van der Waals surface area (Å²) in [5, 5.41) is 2.21. The first-order valence-corrected chi connectivity index (χ1v) is 22.9. The number of para-hydroxylation sites is 1. The van der Waals surface area contributed by atoms with Crippen LogP contribution >= 0.6 is 0 Å². The van der Waals surface area contributed by atoms with Crippen LogP contribution < -0.4 is 9.47 Å². The maximum Gasteiger partial charge on any atom is 0.177 e. The number of nitrogens with zero attached hydrogens (tertiary/aromatic N) is 3. The zero-order valence-electron chi connectivity index (χ0n) is 36.4. The average Bonchev–Trinajstić information content (AvgIpc) is 3.69. The minimum absolute atomic E-state index is 0.483. The molecule has 5 heteroatoms. The monoisotopic (exact) mass is 859 g/mol. The Balaban J connectivity index is 0.925. The van der Waals surface area contributed by atoms with E-state index in [1.165, 1.54) is 27.8 Å². The van der Waals surface area contributed by atoms with E-state index in [1.54, 1.807) is 0 Å². The van der Waals surface area contributed by atoms with Crippen LogP contribution in [0.3, 0.4) is 0 Å². The quantitative estimate of drug-likeness (QED) is 0.160. The van der Waals surface area contributed by atoms with Gasteiger partial charge >= 0.3 is 0 Å². The Morgan fingerprint density at radius 2 is 1.00 bits per heavy atom. The van der Waals surface area contributed by atoms with Crippen molar-refractivity contribution < 1.29 is 9.47 Å². The summed E-state index contributed by atoms with van der Waals surface area (Å²) < 4.78 is 13.9. The van der Waals surface area contributed by atoms with Gasteiger partial charge in [0.15, 0.2) is 40.5 Å². The van der Waals surface area contributed by atoms with E-state index in [2.05, 4.69) is 176 Å². The molecule has 0 saturated carbocycles. The molecule has 0 radical (unpaired) electrons. The Kier molecular flexibility index (Phi) is 9.14. The molecule has 13 rings (SSSR count). The van der Waals surface area contributed by atoms with Crippen LogP contribution in [-0.2, 0) is 5.41 Å². The zero-order valence-corrected chi connectivity index (χ0v) is 36.4. The second-order valence-electron chi connectivity index (χ2n) is 17.3. The van der Waals surface area contributed by atoms with E-state index in [0.717, 1.165) is 68.1 Å². The van der Waals surface area contributed by atoms with E-state index in [9.17, 15) is 0 Å². The summed E-state index contributed by atoms with van der Waals surface area (Å²) in [7, 11) is 0. The second kappa shape index (κ2) is 15.8. The lowest BCUT2D eigenvalue weighted by atomic mass is 9.65. The van der Waals surface area contributed by atoms with E-state index < -0.39 is 5.41 Å². The topological polar surface area (TPSA) is 57.1 Å². The number of hydrogen-bond donors (Lipinski definition) is 0. The van der Waals surface area contributed by atoms with Crippen molar-refractivity contribution in [2.75, 3.05) is 0 Å². The zero-order chi connectivity index (χ0) is 44.3. The van der Waals surface area contributed by atoms with Gasteiger partial charge in [0.05, 0.1) is 5.41 Å². The predicted molar refractivity (Wildman–Crippen MR) is 269 cm³/mol. The Morgan fingerprint density at radius 3 is 1.79 bits per heavy atom. The summed E-state index contributed by atoms with van der Waals surface area (Å²) in [4.78, 5) is 15.5. The first kappa shape index (κ1) is 38.8. The summed E-state index contributed by atoms with van der Waals surface area (Å²) in [6.07, 6.45) is 8.75. The van der Waals surface area contributed by atoms with E-state index in [0.29, 0.717) is 40.5 Å². The molecule has 3 aliphatic rings. The summed E-state index contributed by atoms with van der Waals surface area (Å²) >= 11 is 0. The Labute approximate surface area is 389 Å². The van der Waals surface area contributed by atoms with Crippen LogP contribution in [0, 0.1) is 0 Å². The molecule has 2 heterocycles. The molecule has 10 aromatic rings. The fraction of sp³-hybridized carbons (Fsp3) is 0.0484. The van der Waals surface area contributed by atoms with E-state index >= 15 is 0 Å². The van der Waals surface area contributed by atoms with Crippen LogP contribution in [-0.4, -0.2) is 15.0 Å². The molecule has 1 atom stereocenters. The number of hydrogen-bond acceptors (Lipinski definition) is 5. The molecule has 0 spiro atoms. The van der Waals surface area contributed by atoms with Crippen molar-refractivity contribution in [2.24, 2.45) is 0 Å². The van der Waals surface area contributed by atoms with Gasteiger partial charge in [0.2, 0.25) is 0 Å². The molecule has 1 aromatic heterocycles. The lowest BCUT2D eigenvalue weighted by Gasteiger charge is -2.37. The SMILES string of the molecule is C1=CCCC(C2(c3ccccc3)c3ccccc3-c3cc4c(cc32)Oc2c(cccc2-c2cccc(-c3nc(-c5ccccc5)nc(-c5ccc(-c6ccccc6)c6ccccc56)n3)c2)O4)=C1. The molecule has 5 nitrogen and oxygen atoms in total. The van der Waals surface area contributed by atoms with Crippen molar-refractivity contribution in [2.45, 2.75) is 18.3 Å². The number of fused-ring (bicyclic) bond motifs is 6. The molecule has 0 saturated heterocycles. The number of aromatic nitrogens is 3. The van der Waals surface area contributed by atoms with Gasteiger partial charge in [-0.2, -0.15) is 0 Å². The molecule has 0 amide bonds. The third-order valence-corrected chi connectivity index (χ3v) is 13.6. The van der Waals surface area contributed by atoms with E-state index in [-0.39, 0.29) is 0 Å². The minimum atomic E-state index is -0.483. The molecule has 0 fully saturated rings. The van der Waals surface area contributed by atoms with Crippen LogP contribution in [0.25, 0.3) is 78.3 Å². The Morgan fingerprint density at radius 1 is 0.388 bits per heavy atom. The van der Waals surface area contributed by atoms with E-state index in [4.69, 9.17) is 24.4 Å². The highest BCUT2D eigenvalue weighted by molar-refractivity contribution is 6.04. The smallest absolute Gasteiger partial charge is 0.177 e. The maximum atomic E-state index is 7.09. The van der Waals surface area contributed by atoms with Gasteiger partial charge in [-0.25, -0.2) is 15.0 Å². The maximum absolute atomic E-state index is 7.09.